The van der Waals surface area contributed by atoms with E-state index in [0.29, 0.717) is 24.7 Å². The molecule has 0 radical (unpaired) electrons. The van der Waals surface area contributed by atoms with Crippen LogP contribution in [0, 0.1) is 0 Å². The number of carboxylic acids is 1. The number of hydrogen-bond acceptors (Lipinski definition) is 7. The molecule has 1 unspecified atom stereocenters. The Labute approximate surface area is 252 Å². The number of aromatic nitrogens is 1. The summed E-state index contributed by atoms with van der Waals surface area (Å²) < 4.78 is 11.1. The molecule has 10 heteroatoms. The first-order valence-corrected chi connectivity index (χ1v) is 14.9. The third kappa shape index (κ3) is 10.5. The Hall–Kier alpha value is -3.82. The molecule has 1 amide bonds. The number of ether oxygens (including phenoxy) is 2. The number of carbonyl (C=O) groups is 2. The average molecular weight is 595 g/mol. The molecule has 0 saturated heterocycles. The Morgan fingerprint density at radius 3 is 2.62 bits per heavy atom. The molecule has 0 spiro atoms. The summed E-state index contributed by atoms with van der Waals surface area (Å²) in [6.45, 7) is 3.34. The number of anilines is 1. The normalized spacial score (nSPS) is 13.1. The van der Waals surface area contributed by atoms with Crippen LogP contribution in [0.4, 0.5) is 10.6 Å². The fraction of sp³-hybridized carbons (Fsp3) is 0.406. The Bertz CT molecular complexity index is 1280. The number of carboxylic acid groups (broad SMARTS) is 1. The van der Waals surface area contributed by atoms with Crippen LogP contribution in [0.25, 0.3) is 0 Å². The first-order valence-electron chi connectivity index (χ1n) is 14.5. The second-order valence-corrected chi connectivity index (χ2v) is 10.8. The van der Waals surface area contributed by atoms with Gasteiger partial charge in [-0.3, -0.25) is 4.90 Å². The number of carbonyl (C=O) groups excluding carboxylic acids is 1. The molecule has 3 aromatic rings. The largest absolute Gasteiger partial charge is 0.492 e. The fourth-order valence-electron chi connectivity index (χ4n) is 4.78. The summed E-state index contributed by atoms with van der Waals surface area (Å²) in [5.41, 5.74) is 3.12. The third-order valence-electron chi connectivity index (χ3n) is 7.14. The molecule has 1 aliphatic rings. The highest BCUT2D eigenvalue weighted by atomic mass is 35.5. The van der Waals surface area contributed by atoms with Gasteiger partial charge in [0, 0.05) is 30.4 Å². The van der Waals surface area contributed by atoms with Crippen molar-refractivity contribution in [3.63, 3.8) is 0 Å². The van der Waals surface area contributed by atoms with Gasteiger partial charge in [0.1, 0.15) is 30.8 Å². The predicted octanol–water partition coefficient (Wildman–Crippen LogP) is 5.57. The number of para-hydroxylation sites is 1. The number of nitrogens with one attached hydrogen (secondary N) is 2. The van der Waals surface area contributed by atoms with Crippen LogP contribution < -0.4 is 15.4 Å². The number of alkyl carbamates (subject to hydrolysis) is 1. The van der Waals surface area contributed by atoms with Crippen molar-refractivity contribution < 1.29 is 24.2 Å². The highest BCUT2D eigenvalue weighted by Gasteiger charge is 2.22. The van der Waals surface area contributed by atoms with Crippen LogP contribution in [0.1, 0.15) is 42.5 Å². The molecule has 9 nitrogen and oxygen atoms in total. The van der Waals surface area contributed by atoms with Crippen LogP contribution in [0.3, 0.4) is 0 Å². The number of aryl methyl sites for hydroxylation is 2. The molecule has 224 valence electrons. The van der Waals surface area contributed by atoms with Gasteiger partial charge in [0.25, 0.3) is 0 Å². The van der Waals surface area contributed by atoms with Crippen molar-refractivity contribution in [2.24, 2.45) is 0 Å². The first-order chi connectivity index (χ1) is 20.5. The molecule has 42 heavy (non-hydrogen) atoms. The van der Waals surface area contributed by atoms with Gasteiger partial charge in [-0.25, -0.2) is 14.6 Å². The molecule has 2 aromatic carbocycles. The number of halogens is 1. The maximum absolute atomic E-state index is 12.3. The molecule has 1 atom stereocenters. The molecule has 4 rings (SSSR count). The molecule has 0 bridgehead atoms. The van der Waals surface area contributed by atoms with Crippen LogP contribution in [0.15, 0.2) is 66.7 Å². The summed E-state index contributed by atoms with van der Waals surface area (Å²) >= 11 is 5.89. The lowest BCUT2D eigenvalue weighted by atomic mass is 10.1. The SMILES string of the molecule is O=C(NC(CCN(CCCCc1ccc2c(n1)NCCC2)CCOc1ccccc1)C(=O)O)OCc1ccc(Cl)cc1. The van der Waals surface area contributed by atoms with Crippen molar-refractivity contribution in [2.45, 2.75) is 51.2 Å². The number of unbranched alkanes of at least 4 members (excludes halogenated alkanes) is 1. The number of pyridine rings is 1. The summed E-state index contributed by atoms with van der Waals surface area (Å²) in [6.07, 6.45) is 4.42. The minimum Gasteiger partial charge on any atom is -0.492 e. The van der Waals surface area contributed by atoms with E-state index in [9.17, 15) is 14.7 Å². The molecule has 2 heterocycles. The van der Waals surface area contributed by atoms with Crippen molar-refractivity contribution in [2.75, 3.05) is 38.1 Å². The molecule has 0 aliphatic carbocycles. The van der Waals surface area contributed by atoms with Crippen LogP contribution in [-0.2, 0) is 29.0 Å². The highest BCUT2D eigenvalue weighted by molar-refractivity contribution is 6.30. The van der Waals surface area contributed by atoms with Gasteiger partial charge >= 0.3 is 12.1 Å². The van der Waals surface area contributed by atoms with E-state index in [1.807, 2.05) is 30.3 Å². The Kier molecular flexibility index (Phi) is 12.3. The number of nitrogens with zero attached hydrogens (tertiary/aromatic N) is 2. The third-order valence-corrected chi connectivity index (χ3v) is 7.39. The molecular weight excluding hydrogens is 556 g/mol. The van der Waals surface area contributed by atoms with Crippen LogP contribution in [0.2, 0.25) is 5.02 Å². The van der Waals surface area contributed by atoms with E-state index in [2.05, 4.69) is 27.7 Å². The molecule has 0 saturated carbocycles. The van der Waals surface area contributed by atoms with E-state index in [4.69, 9.17) is 26.1 Å². The highest BCUT2D eigenvalue weighted by Crippen LogP contribution is 2.20. The van der Waals surface area contributed by atoms with E-state index >= 15 is 0 Å². The summed E-state index contributed by atoms with van der Waals surface area (Å²) in [4.78, 5) is 31.2. The smallest absolute Gasteiger partial charge is 0.408 e. The van der Waals surface area contributed by atoms with Gasteiger partial charge < -0.3 is 25.2 Å². The molecule has 3 N–H and O–H groups in total. The van der Waals surface area contributed by atoms with Crippen LogP contribution >= 0.6 is 11.6 Å². The fourth-order valence-corrected chi connectivity index (χ4v) is 4.90. The minimum atomic E-state index is -1.11. The van der Waals surface area contributed by atoms with Crippen LogP contribution in [-0.4, -0.2) is 65.9 Å². The molecular formula is C32H39ClN4O5. The lowest BCUT2D eigenvalue weighted by Crippen LogP contribution is -2.43. The zero-order valence-corrected chi connectivity index (χ0v) is 24.5. The summed E-state index contributed by atoms with van der Waals surface area (Å²) in [6, 6.07) is 19.7. The summed E-state index contributed by atoms with van der Waals surface area (Å²) in [5, 5.41) is 16.2. The van der Waals surface area contributed by atoms with Gasteiger partial charge in [-0.1, -0.05) is 48.0 Å². The van der Waals surface area contributed by atoms with Gasteiger partial charge in [-0.15, -0.1) is 0 Å². The van der Waals surface area contributed by atoms with Crippen molar-refractivity contribution in [1.29, 1.82) is 0 Å². The Balaban J connectivity index is 1.26. The number of amides is 1. The lowest BCUT2D eigenvalue weighted by Gasteiger charge is -2.24. The zero-order valence-electron chi connectivity index (χ0n) is 23.8. The lowest BCUT2D eigenvalue weighted by molar-refractivity contribution is -0.139. The maximum atomic E-state index is 12.3. The van der Waals surface area contributed by atoms with Gasteiger partial charge in [0.05, 0.1) is 0 Å². The van der Waals surface area contributed by atoms with E-state index in [-0.39, 0.29) is 13.0 Å². The van der Waals surface area contributed by atoms with Crippen molar-refractivity contribution in [3.8, 4) is 5.75 Å². The van der Waals surface area contributed by atoms with E-state index in [1.165, 1.54) is 5.56 Å². The predicted molar refractivity (Wildman–Crippen MR) is 163 cm³/mol. The van der Waals surface area contributed by atoms with Crippen LogP contribution in [0.5, 0.6) is 5.75 Å². The van der Waals surface area contributed by atoms with E-state index in [0.717, 1.165) is 68.0 Å². The second kappa shape index (κ2) is 16.6. The molecule has 1 aromatic heterocycles. The topological polar surface area (TPSA) is 113 Å². The number of fused-ring (bicyclic) bond motifs is 1. The first kappa shape index (κ1) is 31.1. The Morgan fingerprint density at radius 1 is 1.02 bits per heavy atom. The van der Waals surface area contributed by atoms with Gasteiger partial charge in [0.2, 0.25) is 0 Å². The maximum Gasteiger partial charge on any atom is 0.408 e. The zero-order chi connectivity index (χ0) is 29.6. The summed E-state index contributed by atoms with van der Waals surface area (Å²) in [7, 11) is 0. The van der Waals surface area contributed by atoms with Gasteiger partial charge in [-0.2, -0.15) is 0 Å². The number of hydrogen-bond donors (Lipinski definition) is 3. The minimum absolute atomic E-state index is 0.0213. The number of aliphatic carboxylic acids is 1. The van der Waals surface area contributed by atoms with E-state index < -0.39 is 18.1 Å². The standard InChI is InChI=1S/C32H39ClN4O5/c33-26-14-11-24(12-15-26)23-42-32(40)36-29(31(38)39)17-20-37(21-22-41-28-9-2-1-3-10-28)19-5-4-8-27-16-13-25-7-6-18-34-30(25)35-27/h1-3,9-16,29H,4-8,17-23H2,(H,34,35)(H,36,40)(H,38,39). The second-order valence-electron chi connectivity index (χ2n) is 10.3. The van der Waals surface area contributed by atoms with Crippen molar-refractivity contribution in [1.82, 2.24) is 15.2 Å². The van der Waals surface area contributed by atoms with E-state index in [1.54, 1.807) is 24.3 Å². The summed E-state index contributed by atoms with van der Waals surface area (Å²) in [5.74, 6) is 0.696. The van der Waals surface area contributed by atoms with Gasteiger partial charge in [-0.05, 0) is 86.5 Å². The monoisotopic (exact) mass is 594 g/mol. The molecule has 0 fully saturated rings. The molecule has 1 aliphatic heterocycles. The number of rotatable bonds is 16. The average Bonchev–Trinajstić information content (AvgIpc) is 3.01. The van der Waals surface area contributed by atoms with Gasteiger partial charge in [0.15, 0.2) is 0 Å². The number of benzene rings is 2. The van der Waals surface area contributed by atoms with Crippen molar-refractivity contribution >= 4 is 29.5 Å². The quantitative estimate of drug-likeness (QED) is 0.185. The Morgan fingerprint density at radius 2 is 1.83 bits per heavy atom. The van der Waals surface area contributed by atoms with Crippen molar-refractivity contribution in [3.05, 3.63) is 88.6 Å².